The van der Waals surface area contributed by atoms with E-state index in [9.17, 15) is 19.1 Å². The molecule has 1 aromatic heterocycles. The van der Waals surface area contributed by atoms with Crippen molar-refractivity contribution in [2.24, 2.45) is 0 Å². The maximum absolute atomic E-state index is 13.5. The molecule has 1 aliphatic rings. The molecule has 0 saturated carbocycles. The number of Topliss-reactive ketones (excluding diaryl/α,β-unsaturated/α-hetero) is 1. The Hall–Kier alpha value is -3.32. The average Bonchev–Trinajstić information content (AvgIpc) is 3.18. The molecule has 7 heteroatoms. The van der Waals surface area contributed by atoms with Crippen molar-refractivity contribution in [3.8, 4) is 0 Å². The van der Waals surface area contributed by atoms with Crippen LogP contribution in [0.4, 0.5) is 9.52 Å². The van der Waals surface area contributed by atoms with Crippen LogP contribution in [0.5, 0.6) is 0 Å². The highest BCUT2D eigenvalue weighted by Crippen LogP contribution is 2.43. The van der Waals surface area contributed by atoms with Crippen LogP contribution in [-0.2, 0) is 9.59 Å². The number of aliphatic hydroxyl groups excluding tert-OH is 1. The van der Waals surface area contributed by atoms with E-state index in [0.29, 0.717) is 16.3 Å². The van der Waals surface area contributed by atoms with Crippen LogP contribution in [0.25, 0.3) is 5.76 Å². The normalized spacial score (nSPS) is 18.3. The third kappa shape index (κ3) is 3.31. The van der Waals surface area contributed by atoms with Gasteiger partial charge in [0.2, 0.25) is 0 Å². The molecule has 0 radical (unpaired) electrons. The monoisotopic (exact) mass is 422 g/mol. The molecule has 1 saturated heterocycles. The van der Waals surface area contributed by atoms with Gasteiger partial charge < -0.3 is 5.11 Å². The van der Waals surface area contributed by atoms with Gasteiger partial charge in [0.1, 0.15) is 11.6 Å². The molecule has 1 fully saturated rings. The van der Waals surface area contributed by atoms with Gasteiger partial charge in [0.25, 0.3) is 5.78 Å². The molecule has 1 aliphatic heterocycles. The van der Waals surface area contributed by atoms with Crippen LogP contribution in [0.15, 0.2) is 54.1 Å². The molecule has 2 heterocycles. The number of aryl methyl sites for hydroxylation is 3. The number of hydrogen-bond acceptors (Lipinski definition) is 5. The van der Waals surface area contributed by atoms with Crippen LogP contribution in [0.2, 0.25) is 0 Å². The number of carbonyl (C=O) groups is 2. The number of nitrogens with zero attached hydrogens (tertiary/aromatic N) is 2. The number of aromatic nitrogens is 1. The molecule has 1 atom stereocenters. The zero-order chi connectivity index (χ0) is 21.6. The molecule has 5 nitrogen and oxygen atoms in total. The van der Waals surface area contributed by atoms with Gasteiger partial charge in [-0.1, -0.05) is 42.0 Å². The smallest absolute Gasteiger partial charge is 0.301 e. The molecule has 0 aliphatic carbocycles. The van der Waals surface area contributed by atoms with Gasteiger partial charge in [-0.05, 0) is 38.5 Å². The highest BCUT2D eigenvalue weighted by molar-refractivity contribution is 7.16. The summed E-state index contributed by atoms with van der Waals surface area (Å²) >= 11 is 1.29. The van der Waals surface area contributed by atoms with E-state index in [-0.39, 0.29) is 11.3 Å². The maximum Gasteiger partial charge on any atom is 0.301 e. The summed E-state index contributed by atoms with van der Waals surface area (Å²) in [5.74, 6) is -2.27. The fraction of sp³-hybridized carbons (Fsp3) is 0.174. The Morgan fingerprint density at radius 1 is 1.03 bits per heavy atom. The molecule has 4 rings (SSSR count). The van der Waals surface area contributed by atoms with Crippen LogP contribution < -0.4 is 4.90 Å². The second-order valence-corrected chi connectivity index (χ2v) is 8.41. The molecular formula is C23H19FN2O3S. The first-order chi connectivity index (χ1) is 14.3. The number of halogens is 1. The van der Waals surface area contributed by atoms with Crippen LogP contribution in [0, 0.1) is 26.6 Å². The number of ketones is 1. The van der Waals surface area contributed by atoms with Crippen molar-refractivity contribution < 1.29 is 19.1 Å². The van der Waals surface area contributed by atoms with E-state index in [1.807, 2.05) is 32.9 Å². The predicted molar refractivity (Wildman–Crippen MR) is 114 cm³/mol. The largest absolute Gasteiger partial charge is 0.507 e. The zero-order valence-electron chi connectivity index (χ0n) is 16.6. The molecule has 2 aromatic carbocycles. The lowest BCUT2D eigenvalue weighted by Gasteiger charge is -2.23. The van der Waals surface area contributed by atoms with Gasteiger partial charge in [0.05, 0.1) is 17.3 Å². The Morgan fingerprint density at radius 2 is 1.67 bits per heavy atom. The first kappa shape index (κ1) is 20.0. The number of benzene rings is 2. The second-order valence-electron chi connectivity index (χ2n) is 7.22. The van der Waals surface area contributed by atoms with E-state index >= 15 is 0 Å². The fourth-order valence-electron chi connectivity index (χ4n) is 3.42. The number of hydrogen-bond donors (Lipinski definition) is 1. The lowest BCUT2D eigenvalue weighted by atomic mass is 9.95. The third-order valence-electron chi connectivity index (χ3n) is 5.18. The Balaban J connectivity index is 1.94. The SMILES string of the molecule is Cc1ccc(C(O)=C2C(=O)C(=O)N(c3nc(C)c(C)s3)[C@@H]2c2ccc(F)cc2)cc1. The summed E-state index contributed by atoms with van der Waals surface area (Å²) in [5, 5.41) is 11.4. The molecule has 1 amide bonds. The summed E-state index contributed by atoms with van der Waals surface area (Å²) < 4.78 is 13.5. The summed E-state index contributed by atoms with van der Waals surface area (Å²) in [7, 11) is 0. The van der Waals surface area contributed by atoms with Crippen molar-refractivity contribution in [3.05, 3.63) is 87.2 Å². The molecule has 0 bridgehead atoms. The van der Waals surface area contributed by atoms with Crippen LogP contribution in [0.3, 0.4) is 0 Å². The number of anilines is 1. The van der Waals surface area contributed by atoms with Gasteiger partial charge >= 0.3 is 5.91 Å². The Morgan fingerprint density at radius 3 is 2.23 bits per heavy atom. The number of aliphatic hydroxyl groups is 1. The van der Waals surface area contributed by atoms with Crippen molar-refractivity contribution in [1.29, 1.82) is 0 Å². The summed E-state index contributed by atoms with van der Waals surface area (Å²) in [6.45, 7) is 5.62. The number of carbonyl (C=O) groups excluding carboxylic acids is 2. The summed E-state index contributed by atoms with van der Waals surface area (Å²) in [6, 6.07) is 11.6. The van der Waals surface area contributed by atoms with Crippen LogP contribution in [0.1, 0.15) is 33.3 Å². The first-order valence-corrected chi connectivity index (χ1v) is 10.2. The van der Waals surface area contributed by atoms with Crippen molar-refractivity contribution in [3.63, 3.8) is 0 Å². The molecule has 3 aromatic rings. The van der Waals surface area contributed by atoms with E-state index in [4.69, 9.17) is 0 Å². The van der Waals surface area contributed by atoms with Crippen molar-refractivity contribution >= 4 is 33.9 Å². The summed E-state index contributed by atoms with van der Waals surface area (Å²) in [5.41, 5.74) is 2.65. The van der Waals surface area contributed by atoms with E-state index < -0.39 is 23.5 Å². The predicted octanol–water partition coefficient (Wildman–Crippen LogP) is 4.83. The molecular weight excluding hydrogens is 403 g/mol. The van der Waals surface area contributed by atoms with Gasteiger partial charge in [0, 0.05) is 10.4 Å². The minimum Gasteiger partial charge on any atom is -0.507 e. The molecule has 0 spiro atoms. The minimum atomic E-state index is -0.906. The van der Waals surface area contributed by atoms with Gasteiger partial charge in [-0.3, -0.25) is 14.5 Å². The molecule has 152 valence electrons. The van der Waals surface area contributed by atoms with Gasteiger partial charge in [-0.15, -0.1) is 11.3 Å². The van der Waals surface area contributed by atoms with Crippen molar-refractivity contribution in [2.45, 2.75) is 26.8 Å². The molecule has 1 N–H and O–H groups in total. The topological polar surface area (TPSA) is 70.5 Å². The fourth-order valence-corrected chi connectivity index (χ4v) is 4.35. The van der Waals surface area contributed by atoms with E-state index in [1.54, 1.807) is 12.1 Å². The quantitative estimate of drug-likeness (QED) is 0.373. The molecule has 30 heavy (non-hydrogen) atoms. The van der Waals surface area contributed by atoms with E-state index in [0.717, 1.165) is 16.1 Å². The van der Waals surface area contributed by atoms with Gasteiger partial charge in [-0.2, -0.15) is 0 Å². The standard InChI is InChI=1S/C23H19FN2O3S/c1-12-4-6-16(7-5-12)20(27)18-19(15-8-10-17(24)11-9-15)26(22(29)21(18)28)23-25-13(2)14(3)30-23/h4-11,19,27H,1-3H3/t19-/m1/s1. The lowest BCUT2D eigenvalue weighted by Crippen LogP contribution is -2.29. The maximum atomic E-state index is 13.5. The zero-order valence-corrected chi connectivity index (χ0v) is 17.5. The van der Waals surface area contributed by atoms with Crippen LogP contribution in [-0.4, -0.2) is 21.8 Å². The van der Waals surface area contributed by atoms with Gasteiger partial charge in [-0.25, -0.2) is 9.37 Å². The van der Waals surface area contributed by atoms with Crippen LogP contribution >= 0.6 is 11.3 Å². The number of rotatable bonds is 3. The Kier molecular flexibility index (Phi) is 4.99. The summed E-state index contributed by atoms with van der Waals surface area (Å²) in [4.78, 5) is 32.7. The second kappa shape index (κ2) is 7.50. The van der Waals surface area contributed by atoms with E-state index in [1.165, 1.54) is 40.5 Å². The highest BCUT2D eigenvalue weighted by atomic mass is 32.1. The lowest BCUT2D eigenvalue weighted by molar-refractivity contribution is -0.132. The Bertz CT molecular complexity index is 1160. The number of thiazole rings is 1. The average molecular weight is 422 g/mol. The van der Waals surface area contributed by atoms with Crippen molar-refractivity contribution in [1.82, 2.24) is 4.98 Å². The van der Waals surface area contributed by atoms with E-state index in [2.05, 4.69) is 4.98 Å². The Labute approximate surface area is 177 Å². The third-order valence-corrected chi connectivity index (χ3v) is 6.25. The number of amides is 1. The highest BCUT2D eigenvalue weighted by Gasteiger charge is 2.48. The summed E-state index contributed by atoms with van der Waals surface area (Å²) in [6.07, 6.45) is 0. The minimum absolute atomic E-state index is 0.0408. The van der Waals surface area contributed by atoms with Crippen molar-refractivity contribution in [2.75, 3.05) is 4.90 Å². The first-order valence-electron chi connectivity index (χ1n) is 9.35. The van der Waals surface area contributed by atoms with Gasteiger partial charge in [0.15, 0.2) is 5.13 Å². The molecule has 0 unspecified atom stereocenters.